The zero-order chi connectivity index (χ0) is 12.4. The van der Waals surface area contributed by atoms with Gasteiger partial charge in [0.15, 0.2) is 0 Å². The maximum absolute atomic E-state index is 3.30. The molecule has 0 spiro atoms. The number of hydrogen-bond acceptors (Lipinski definition) is 1. The van der Waals surface area contributed by atoms with Crippen LogP contribution < -0.4 is 0 Å². The Bertz CT molecular complexity index is 642. The summed E-state index contributed by atoms with van der Waals surface area (Å²) < 4.78 is 2.27. The van der Waals surface area contributed by atoms with Crippen LogP contribution in [0.15, 0.2) is 65.7 Å². The Morgan fingerprint density at radius 3 is 2.56 bits per heavy atom. The van der Waals surface area contributed by atoms with Gasteiger partial charge >= 0.3 is 0 Å². The molecule has 89 valence electrons. The lowest BCUT2D eigenvalue weighted by Crippen LogP contribution is -1.98. The lowest BCUT2D eigenvalue weighted by atomic mass is 10.2. The number of aromatic nitrogens is 1. The van der Waals surface area contributed by atoms with Crippen molar-refractivity contribution < 1.29 is 0 Å². The number of rotatable bonds is 3. The van der Waals surface area contributed by atoms with Crippen molar-refractivity contribution in [2.45, 2.75) is 17.2 Å². The van der Waals surface area contributed by atoms with Gasteiger partial charge in [-0.2, -0.15) is 0 Å². The van der Waals surface area contributed by atoms with Gasteiger partial charge in [0, 0.05) is 28.1 Å². The second-order valence-corrected chi connectivity index (χ2v) is 5.62. The SMILES string of the molecule is CC(Sc1ccccc1)n1c[c]c2ccccc21. The first-order chi connectivity index (χ1) is 8.84. The molecule has 2 aromatic carbocycles. The molecule has 1 aromatic heterocycles. The van der Waals surface area contributed by atoms with Crippen LogP contribution >= 0.6 is 11.8 Å². The summed E-state index contributed by atoms with van der Waals surface area (Å²) in [6.45, 7) is 2.22. The van der Waals surface area contributed by atoms with Crippen LogP contribution in [0.3, 0.4) is 0 Å². The third-order valence-electron chi connectivity index (χ3n) is 2.98. The minimum atomic E-state index is 0.364. The first kappa shape index (κ1) is 11.4. The number of fused-ring (bicyclic) bond motifs is 1. The van der Waals surface area contributed by atoms with Crippen molar-refractivity contribution in [2.24, 2.45) is 0 Å². The largest absolute Gasteiger partial charge is 0.334 e. The molecule has 1 radical (unpaired) electrons. The highest BCUT2D eigenvalue weighted by atomic mass is 32.2. The summed E-state index contributed by atoms with van der Waals surface area (Å²) in [6.07, 6.45) is 2.05. The third kappa shape index (κ3) is 2.16. The number of benzene rings is 2. The summed E-state index contributed by atoms with van der Waals surface area (Å²) in [5.74, 6) is 0. The van der Waals surface area contributed by atoms with E-state index in [1.54, 1.807) is 0 Å². The fraction of sp³-hybridized carbons (Fsp3) is 0.125. The maximum atomic E-state index is 3.30. The van der Waals surface area contributed by atoms with Crippen LogP contribution in [-0.2, 0) is 0 Å². The van der Waals surface area contributed by atoms with Crippen LogP contribution in [0.4, 0.5) is 0 Å². The van der Waals surface area contributed by atoms with E-state index in [2.05, 4.69) is 66.1 Å². The van der Waals surface area contributed by atoms with E-state index >= 15 is 0 Å². The van der Waals surface area contributed by atoms with E-state index in [0.29, 0.717) is 5.37 Å². The number of nitrogens with zero attached hydrogens (tertiary/aromatic N) is 1. The Morgan fingerprint density at radius 1 is 1.00 bits per heavy atom. The van der Waals surface area contributed by atoms with E-state index in [4.69, 9.17) is 0 Å². The van der Waals surface area contributed by atoms with Gasteiger partial charge in [0.05, 0.1) is 5.37 Å². The topological polar surface area (TPSA) is 4.93 Å². The molecule has 1 unspecified atom stereocenters. The van der Waals surface area contributed by atoms with Gasteiger partial charge in [0.1, 0.15) is 0 Å². The molecule has 0 N–H and O–H groups in total. The molecule has 0 aliphatic rings. The average molecular weight is 252 g/mol. The first-order valence-electron chi connectivity index (χ1n) is 6.03. The lowest BCUT2D eigenvalue weighted by molar-refractivity contribution is 0.772. The highest BCUT2D eigenvalue weighted by molar-refractivity contribution is 7.99. The smallest absolute Gasteiger partial charge is 0.0812 e. The molecule has 0 fully saturated rings. The van der Waals surface area contributed by atoms with Crippen LogP contribution in [0.25, 0.3) is 10.9 Å². The summed E-state index contributed by atoms with van der Waals surface area (Å²) in [6, 6.07) is 22.2. The monoisotopic (exact) mass is 252 g/mol. The zero-order valence-electron chi connectivity index (χ0n) is 10.2. The van der Waals surface area contributed by atoms with Crippen molar-refractivity contribution in [1.29, 1.82) is 0 Å². The van der Waals surface area contributed by atoms with E-state index in [1.165, 1.54) is 15.8 Å². The highest BCUT2D eigenvalue weighted by Crippen LogP contribution is 2.32. The number of hydrogen-bond donors (Lipinski definition) is 0. The fourth-order valence-electron chi connectivity index (χ4n) is 2.08. The van der Waals surface area contributed by atoms with E-state index in [9.17, 15) is 0 Å². The maximum Gasteiger partial charge on any atom is 0.0812 e. The Labute approximate surface area is 111 Å². The van der Waals surface area contributed by atoms with Crippen LogP contribution in [0.1, 0.15) is 12.3 Å². The molecule has 0 aliphatic heterocycles. The van der Waals surface area contributed by atoms with Crippen molar-refractivity contribution >= 4 is 22.7 Å². The average Bonchev–Trinajstić information content (AvgIpc) is 2.84. The molecule has 1 nitrogen and oxygen atoms in total. The van der Waals surface area contributed by atoms with Crippen LogP contribution in [0.5, 0.6) is 0 Å². The first-order valence-corrected chi connectivity index (χ1v) is 6.91. The van der Waals surface area contributed by atoms with Gasteiger partial charge in [-0.25, -0.2) is 0 Å². The van der Waals surface area contributed by atoms with Crippen LogP contribution in [0.2, 0.25) is 0 Å². The standard InChI is InChI=1S/C16H14NS/c1-13(18-15-8-3-2-4-9-15)17-12-11-14-7-5-6-10-16(14)17/h2-10,12-13H,1H3. The molecule has 1 atom stereocenters. The molecule has 0 aliphatic carbocycles. The molecular weight excluding hydrogens is 238 g/mol. The molecule has 3 aromatic rings. The number of para-hydroxylation sites is 1. The van der Waals surface area contributed by atoms with Crippen molar-refractivity contribution in [3.63, 3.8) is 0 Å². The molecule has 0 amide bonds. The fourth-order valence-corrected chi connectivity index (χ4v) is 3.08. The quantitative estimate of drug-likeness (QED) is 0.609. The molecule has 3 rings (SSSR count). The molecule has 0 saturated heterocycles. The molecule has 0 saturated carbocycles. The Hall–Kier alpha value is -1.67. The Balaban J connectivity index is 1.90. The van der Waals surface area contributed by atoms with Crippen LogP contribution in [-0.4, -0.2) is 4.57 Å². The van der Waals surface area contributed by atoms with Gasteiger partial charge in [-0.3, -0.25) is 0 Å². The number of thioether (sulfide) groups is 1. The lowest BCUT2D eigenvalue weighted by Gasteiger charge is -2.14. The van der Waals surface area contributed by atoms with Gasteiger partial charge in [0.2, 0.25) is 0 Å². The predicted molar refractivity (Wildman–Crippen MR) is 77.8 cm³/mol. The van der Waals surface area contributed by atoms with Crippen molar-refractivity contribution in [3.05, 3.63) is 66.9 Å². The summed E-state index contributed by atoms with van der Waals surface area (Å²) >= 11 is 1.86. The van der Waals surface area contributed by atoms with Crippen molar-refractivity contribution in [1.82, 2.24) is 4.57 Å². The second-order valence-electron chi connectivity index (χ2n) is 4.23. The molecule has 1 heterocycles. The summed E-state index contributed by atoms with van der Waals surface area (Å²) in [7, 11) is 0. The Kier molecular flexibility index (Phi) is 3.11. The van der Waals surface area contributed by atoms with Crippen LogP contribution in [0, 0.1) is 6.07 Å². The highest BCUT2D eigenvalue weighted by Gasteiger charge is 2.09. The predicted octanol–water partition coefficient (Wildman–Crippen LogP) is 4.75. The summed E-state index contributed by atoms with van der Waals surface area (Å²) in [4.78, 5) is 1.29. The molecule has 18 heavy (non-hydrogen) atoms. The van der Waals surface area contributed by atoms with E-state index in [-0.39, 0.29) is 0 Å². The third-order valence-corrected chi connectivity index (χ3v) is 4.10. The van der Waals surface area contributed by atoms with Crippen molar-refractivity contribution in [3.8, 4) is 0 Å². The minimum absolute atomic E-state index is 0.364. The van der Waals surface area contributed by atoms with E-state index in [1.807, 2.05) is 24.0 Å². The molecule has 2 heteroatoms. The van der Waals surface area contributed by atoms with Gasteiger partial charge < -0.3 is 4.57 Å². The van der Waals surface area contributed by atoms with Gasteiger partial charge in [-0.15, -0.1) is 11.8 Å². The van der Waals surface area contributed by atoms with Gasteiger partial charge in [0.25, 0.3) is 0 Å². The van der Waals surface area contributed by atoms with E-state index < -0.39 is 0 Å². The summed E-state index contributed by atoms with van der Waals surface area (Å²) in [5, 5.41) is 1.54. The zero-order valence-corrected chi connectivity index (χ0v) is 11.0. The van der Waals surface area contributed by atoms with Crippen molar-refractivity contribution in [2.75, 3.05) is 0 Å². The second kappa shape index (κ2) is 4.91. The minimum Gasteiger partial charge on any atom is -0.334 e. The molecular formula is C16H14NS. The van der Waals surface area contributed by atoms with Gasteiger partial charge in [-0.1, -0.05) is 36.4 Å². The van der Waals surface area contributed by atoms with E-state index in [0.717, 1.165) is 0 Å². The van der Waals surface area contributed by atoms with Gasteiger partial charge in [-0.05, 0) is 25.1 Å². The molecule has 0 bridgehead atoms. The Morgan fingerprint density at radius 2 is 1.72 bits per heavy atom. The normalized spacial score (nSPS) is 12.7. The summed E-state index contributed by atoms with van der Waals surface area (Å²) in [5.41, 5.74) is 1.24.